The van der Waals surface area contributed by atoms with Crippen molar-refractivity contribution in [3.63, 3.8) is 0 Å². The fraction of sp³-hybridized carbons (Fsp3) is 0.562. The Hall–Kier alpha value is -1.47. The fourth-order valence-corrected chi connectivity index (χ4v) is 4.25. The molecule has 1 aromatic carbocycles. The molecule has 0 bridgehead atoms. The van der Waals surface area contributed by atoms with Crippen molar-refractivity contribution < 1.29 is 17.6 Å². The van der Waals surface area contributed by atoms with E-state index in [-0.39, 0.29) is 29.8 Å². The molecule has 1 saturated heterocycles. The van der Waals surface area contributed by atoms with E-state index in [0.717, 1.165) is 18.9 Å². The third-order valence-corrected chi connectivity index (χ3v) is 6.02. The van der Waals surface area contributed by atoms with Crippen LogP contribution < -0.4 is 0 Å². The summed E-state index contributed by atoms with van der Waals surface area (Å²) in [5, 5.41) is 0. The minimum absolute atomic E-state index is 0.0358. The summed E-state index contributed by atoms with van der Waals surface area (Å²) in [5.74, 6) is -0.533. The summed E-state index contributed by atoms with van der Waals surface area (Å²) in [6.45, 7) is 5.17. The van der Waals surface area contributed by atoms with E-state index in [9.17, 15) is 17.6 Å². The van der Waals surface area contributed by atoms with Crippen LogP contribution in [-0.4, -0.2) is 49.7 Å². The molecule has 0 saturated carbocycles. The highest BCUT2D eigenvalue weighted by Crippen LogP contribution is 2.19. The maximum Gasteiger partial charge on any atom is 0.243 e. The maximum absolute atomic E-state index is 13.3. The first-order valence-electron chi connectivity index (χ1n) is 7.90. The SMILES string of the molecule is CCCC(C)C(=O)N1CCN(S(=O)(=O)c2cccc(F)c2)CC1. The third-order valence-electron chi connectivity index (χ3n) is 4.13. The van der Waals surface area contributed by atoms with Gasteiger partial charge in [0.25, 0.3) is 0 Å². The van der Waals surface area contributed by atoms with E-state index in [2.05, 4.69) is 0 Å². The van der Waals surface area contributed by atoms with Gasteiger partial charge in [0.15, 0.2) is 0 Å². The van der Waals surface area contributed by atoms with E-state index in [1.807, 2.05) is 13.8 Å². The first-order valence-corrected chi connectivity index (χ1v) is 9.34. The van der Waals surface area contributed by atoms with Crippen molar-refractivity contribution >= 4 is 15.9 Å². The Bertz CT molecular complexity index is 655. The van der Waals surface area contributed by atoms with Gasteiger partial charge in [-0.15, -0.1) is 0 Å². The lowest BCUT2D eigenvalue weighted by atomic mass is 10.0. The summed E-state index contributed by atoms with van der Waals surface area (Å²) in [4.78, 5) is 13.9. The van der Waals surface area contributed by atoms with Gasteiger partial charge in [-0.25, -0.2) is 12.8 Å². The van der Waals surface area contributed by atoms with Crippen molar-refractivity contribution in [2.45, 2.75) is 31.6 Å². The molecule has 0 spiro atoms. The zero-order valence-corrected chi connectivity index (χ0v) is 14.4. The van der Waals surface area contributed by atoms with Crippen LogP contribution in [0.5, 0.6) is 0 Å². The number of rotatable bonds is 5. The molecule has 23 heavy (non-hydrogen) atoms. The molecule has 1 amide bonds. The molecule has 1 aromatic rings. The van der Waals surface area contributed by atoms with Crippen LogP contribution in [0.25, 0.3) is 0 Å². The normalized spacial score (nSPS) is 18.0. The highest BCUT2D eigenvalue weighted by Gasteiger charge is 2.31. The molecule has 7 heteroatoms. The summed E-state index contributed by atoms with van der Waals surface area (Å²) >= 11 is 0. The number of piperazine rings is 1. The van der Waals surface area contributed by atoms with Gasteiger partial charge in [-0.05, 0) is 24.6 Å². The van der Waals surface area contributed by atoms with Crippen LogP contribution in [0.1, 0.15) is 26.7 Å². The van der Waals surface area contributed by atoms with E-state index in [4.69, 9.17) is 0 Å². The zero-order valence-electron chi connectivity index (χ0n) is 13.5. The molecule has 0 radical (unpaired) electrons. The van der Waals surface area contributed by atoms with E-state index < -0.39 is 15.8 Å². The van der Waals surface area contributed by atoms with Crippen LogP contribution in [0.3, 0.4) is 0 Å². The molecule has 2 rings (SSSR count). The Morgan fingerprint density at radius 3 is 2.48 bits per heavy atom. The highest BCUT2D eigenvalue weighted by molar-refractivity contribution is 7.89. The maximum atomic E-state index is 13.3. The van der Waals surface area contributed by atoms with Gasteiger partial charge in [0, 0.05) is 32.1 Å². The molecule has 1 fully saturated rings. The second-order valence-corrected chi connectivity index (χ2v) is 7.81. The standard InChI is InChI=1S/C16H23FN2O3S/c1-3-5-13(2)16(20)18-8-10-19(11-9-18)23(21,22)15-7-4-6-14(17)12-15/h4,6-7,12-13H,3,5,8-11H2,1-2H3. The smallest absolute Gasteiger partial charge is 0.243 e. The van der Waals surface area contributed by atoms with Crippen LogP contribution >= 0.6 is 0 Å². The van der Waals surface area contributed by atoms with Gasteiger partial charge < -0.3 is 4.90 Å². The molecular formula is C16H23FN2O3S. The van der Waals surface area contributed by atoms with Crippen molar-refractivity contribution in [2.75, 3.05) is 26.2 Å². The summed E-state index contributed by atoms with van der Waals surface area (Å²) < 4.78 is 39.6. The predicted octanol–water partition coefficient (Wildman–Crippen LogP) is 2.09. The largest absolute Gasteiger partial charge is 0.340 e. The molecule has 1 unspecified atom stereocenters. The molecule has 128 valence electrons. The summed E-state index contributed by atoms with van der Waals surface area (Å²) in [7, 11) is -3.71. The molecule has 0 aromatic heterocycles. The van der Waals surface area contributed by atoms with Crippen molar-refractivity contribution in [2.24, 2.45) is 5.92 Å². The lowest BCUT2D eigenvalue weighted by molar-refractivity contribution is -0.136. The first-order chi connectivity index (χ1) is 10.9. The molecule has 1 aliphatic heterocycles. The van der Waals surface area contributed by atoms with Gasteiger partial charge in [-0.2, -0.15) is 4.31 Å². The average molecular weight is 342 g/mol. The van der Waals surface area contributed by atoms with Gasteiger partial charge in [-0.3, -0.25) is 4.79 Å². The second-order valence-electron chi connectivity index (χ2n) is 5.88. The third kappa shape index (κ3) is 4.09. The number of benzene rings is 1. The Morgan fingerprint density at radius 1 is 1.26 bits per heavy atom. The minimum Gasteiger partial charge on any atom is -0.340 e. The summed E-state index contributed by atoms with van der Waals surface area (Å²) in [6.07, 6.45) is 1.78. The van der Waals surface area contributed by atoms with Crippen molar-refractivity contribution in [3.8, 4) is 0 Å². The summed E-state index contributed by atoms with van der Waals surface area (Å²) in [6, 6.07) is 5.01. The fourth-order valence-electron chi connectivity index (χ4n) is 2.79. The number of nitrogens with zero attached hydrogens (tertiary/aromatic N) is 2. The molecule has 0 N–H and O–H groups in total. The molecule has 5 nitrogen and oxygen atoms in total. The van der Waals surface area contributed by atoms with Crippen molar-refractivity contribution in [1.82, 2.24) is 9.21 Å². The Morgan fingerprint density at radius 2 is 1.91 bits per heavy atom. The molecule has 1 aliphatic rings. The molecule has 1 atom stereocenters. The van der Waals surface area contributed by atoms with Crippen molar-refractivity contribution in [1.29, 1.82) is 0 Å². The van der Waals surface area contributed by atoms with Gasteiger partial charge in [0.05, 0.1) is 4.90 Å². The molecular weight excluding hydrogens is 319 g/mol. The number of halogens is 1. The number of carbonyl (C=O) groups is 1. The Balaban J connectivity index is 2.02. The monoisotopic (exact) mass is 342 g/mol. The number of carbonyl (C=O) groups excluding carboxylic acids is 1. The highest BCUT2D eigenvalue weighted by atomic mass is 32.2. The molecule has 1 heterocycles. The quantitative estimate of drug-likeness (QED) is 0.823. The van der Waals surface area contributed by atoms with Gasteiger partial charge in [0.2, 0.25) is 15.9 Å². The van der Waals surface area contributed by atoms with Crippen LogP contribution in [-0.2, 0) is 14.8 Å². The van der Waals surface area contributed by atoms with E-state index in [1.165, 1.54) is 22.5 Å². The van der Waals surface area contributed by atoms with Crippen LogP contribution in [0, 0.1) is 11.7 Å². The van der Waals surface area contributed by atoms with Gasteiger partial charge >= 0.3 is 0 Å². The summed E-state index contributed by atoms with van der Waals surface area (Å²) in [5.41, 5.74) is 0. The molecule has 0 aliphatic carbocycles. The number of hydrogen-bond acceptors (Lipinski definition) is 3. The zero-order chi connectivity index (χ0) is 17.0. The number of sulfonamides is 1. The Kier molecular flexibility index (Phi) is 5.75. The first kappa shape index (κ1) is 17.9. The average Bonchev–Trinajstić information content (AvgIpc) is 2.54. The van der Waals surface area contributed by atoms with E-state index in [0.29, 0.717) is 13.1 Å². The second kappa shape index (κ2) is 7.40. The lowest BCUT2D eigenvalue weighted by Crippen LogP contribution is -2.51. The number of hydrogen-bond donors (Lipinski definition) is 0. The van der Waals surface area contributed by atoms with Crippen LogP contribution in [0.4, 0.5) is 4.39 Å². The van der Waals surface area contributed by atoms with Crippen LogP contribution in [0.2, 0.25) is 0 Å². The lowest BCUT2D eigenvalue weighted by Gasteiger charge is -2.35. The number of amides is 1. The van der Waals surface area contributed by atoms with E-state index >= 15 is 0 Å². The van der Waals surface area contributed by atoms with E-state index in [1.54, 1.807) is 4.90 Å². The topological polar surface area (TPSA) is 57.7 Å². The van der Waals surface area contributed by atoms with Gasteiger partial charge in [-0.1, -0.05) is 26.3 Å². The van der Waals surface area contributed by atoms with Gasteiger partial charge in [0.1, 0.15) is 5.82 Å². The minimum atomic E-state index is -3.71. The van der Waals surface area contributed by atoms with Crippen molar-refractivity contribution in [3.05, 3.63) is 30.1 Å². The predicted molar refractivity (Wildman–Crippen MR) is 85.8 cm³/mol. The Labute approximate surface area is 137 Å². The van der Waals surface area contributed by atoms with Crippen LogP contribution in [0.15, 0.2) is 29.2 Å².